The molecule has 0 radical (unpaired) electrons. The van der Waals surface area contributed by atoms with Crippen LogP contribution in [0.1, 0.15) is 71.1 Å². The van der Waals surface area contributed by atoms with E-state index in [1.165, 1.54) is 44.9 Å². The molecule has 1 rings (SSSR count). The van der Waals surface area contributed by atoms with Gasteiger partial charge in [0.15, 0.2) is 11.5 Å². The summed E-state index contributed by atoms with van der Waals surface area (Å²) in [6, 6.07) is 0.873. The molecule has 0 atom stereocenters. The standard InChI is InChI=1S/C18H30O5/c1-2-3-4-5-6-7-8-9-10-11-12-23-18-16(21)14(19)13-15(20)17(18)22/h13,19-22H,2-12H2,1H3. The molecule has 0 unspecified atom stereocenters. The van der Waals surface area contributed by atoms with Crippen LogP contribution in [0.5, 0.6) is 28.7 Å². The van der Waals surface area contributed by atoms with E-state index in [9.17, 15) is 20.4 Å². The van der Waals surface area contributed by atoms with E-state index in [1.807, 2.05) is 0 Å². The Morgan fingerprint density at radius 1 is 0.696 bits per heavy atom. The van der Waals surface area contributed by atoms with E-state index < -0.39 is 23.0 Å². The average Bonchev–Trinajstić information content (AvgIpc) is 2.53. The topological polar surface area (TPSA) is 90.2 Å². The van der Waals surface area contributed by atoms with Gasteiger partial charge < -0.3 is 25.2 Å². The molecule has 0 aromatic heterocycles. The molecule has 0 aliphatic rings. The first kappa shape index (κ1) is 19.3. The highest BCUT2D eigenvalue weighted by atomic mass is 16.5. The second kappa shape index (κ2) is 10.9. The Labute approximate surface area is 138 Å². The van der Waals surface area contributed by atoms with Crippen molar-refractivity contribution in [2.24, 2.45) is 0 Å². The molecule has 1 aromatic carbocycles. The monoisotopic (exact) mass is 326 g/mol. The first-order valence-electron chi connectivity index (χ1n) is 8.67. The molecule has 4 N–H and O–H groups in total. The Morgan fingerprint density at radius 3 is 1.61 bits per heavy atom. The van der Waals surface area contributed by atoms with E-state index in [4.69, 9.17) is 4.74 Å². The molecule has 5 nitrogen and oxygen atoms in total. The second-order valence-corrected chi connectivity index (χ2v) is 5.97. The van der Waals surface area contributed by atoms with Crippen LogP contribution in [-0.4, -0.2) is 27.0 Å². The summed E-state index contributed by atoms with van der Waals surface area (Å²) < 4.78 is 5.28. The molecule has 0 fully saturated rings. The number of benzene rings is 1. The van der Waals surface area contributed by atoms with Gasteiger partial charge in [0, 0.05) is 6.07 Å². The lowest BCUT2D eigenvalue weighted by atomic mass is 10.1. The summed E-state index contributed by atoms with van der Waals surface area (Å²) in [7, 11) is 0. The normalized spacial score (nSPS) is 10.8. The third kappa shape index (κ3) is 6.89. The number of ether oxygens (including phenoxy) is 1. The van der Waals surface area contributed by atoms with Gasteiger partial charge in [-0.25, -0.2) is 0 Å². The summed E-state index contributed by atoms with van der Waals surface area (Å²) in [5, 5.41) is 38.0. The molecule has 1 aromatic rings. The number of phenols is 4. The Balaban J connectivity index is 2.12. The first-order chi connectivity index (χ1) is 11.1. The molecule has 0 spiro atoms. The van der Waals surface area contributed by atoms with Crippen molar-refractivity contribution in [1.82, 2.24) is 0 Å². The third-order valence-corrected chi connectivity index (χ3v) is 3.93. The molecule has 0 saturated heterocycles. The Hall–Kier alpha value is -1.78. The maximum absolute atomic E-state index is 9.62. The van der Waals surface area contributed by atoms with Crippen molar-refractivity contribution >= 4 is 0 Å². The fourth-order valence-electron chi connectivity index (χ4n) is 2.51. The lowest BCUT2D eigenvalue weighted by Gasteiger charge is -2.11. The third-order valence-electron chi connectivity index (χ3n) is 3.93. The smallest absolute Gasteiger partial charge is 0.211 e. The molecule has 0 saturated carbocycles. The van der Waals surface area contributed by atoms with Crippen LogP contribution in [0.3, 0.4) is 0 Å². The number of hydrogen-bond donors (Lipinski definition) is 4. The predicted octanol–water partition coefficient (Wildman–Crippen LogP) is 4.81. The Kier molecular flexibility index (Phi) is 9.10. The predicted molar refractivity (Wildman–Crippen MR) is 90.4 cm³/mol. The number of rotatable bonds is 12. The molecular weight excluding hydrogens is 296 g/mol. The molecule has 0 amide bonds. The number of phenolic OH excluding ortho intramolecular Hbond substituents is 4. The van der Waals surface area contributed by atoms with Crippen molar-refractivity contribution in [2.45, 2.75) is 71.1 Å². The van der Waals surface area contributed by atoms with Crippen molar-refractivity contribution in [1.29, 1.82) is 0 Å². The van der Waals surface area contributed by atoms with Crippen molar-refractivity contribution in [3.8, 4) is 28.7 Å². The molecule has 5 heteroatoms. The maximum atomic E-state index is 9.62. The van der Waals surface area contributed by atoms with Crippen molar-refractivity contribution in [3.05, 3.63) is 6.07 Å². The highest BCUT2D eigenvalue weighted by Crippen LogP contribution is 2.47. The van der Waals surface area contributed by atoms with E-state index in [2.05, 4.69) is 6.92 Å². The van der Waals surface area contributed by atoms with Crippen LogP contribution in [0.2, 0.25) is 0 Å². The zero-order valence-electron chi connectivity index (χ0n) is 14.1. The van der Waals surface area contributed by atoms with Gasteiger partial charge in [-0.15, -0.1) is 0 Å². The highest BCUT2D eigenvalue weighted by Gasteiger charge is 2.18. The Morgan fingerprint density at radius 2 is 1.13 bits per heavy atom. The van der Waals surface area contributed by atoms with Gasteiger partial charge >= 0.3 is 0 Å². The molecular formula is C18H30O5. The average molecular weight is 326 g/mol. The summed E-state index contributed by atoms with van der Waals surface area (Å²) in [4.78, 5) is 0. The van der Waals surface area contributed by atoms with Crippen LogP contribution in [0.4, 0.5) is 0 Å². The van der Waals surface area contributed by atoms with Gasteiger partial charge in [-0.05, 0) is 6.42 Å². The van der Waals surface area contributed by atoms with Crippen LogP contribution in [0.25, 0.3) is 0 Å². The summed E-state index contributed by atoms with van der Waals surface area (Å²) in [6.07, 6.45) is 12.0. The highest BCUT2D eigenvalue weighted by molar-refractivity contribution is 5.63. The molecule has 0 aliphatic heterocycles. The zero-order chi connectivity index (χ0) is 17.1. The lowest BCUT2D eigenvalue weighted by Crippen LogP contribution is -1.98. The SMILES string of the molecule is CCCCCCCCCCCCOc1c(O)c(O)cc(O)c1O. The lowest BCUT2D eigenvalue weighted by molar-refractivity contribution is 0.263. The summed E-state index contributed by atoms with van der Waals surface area (Å²) in [5.74, 6) is -2.39. The van der Waals surface area contributed by atoms with Crippen LogP contribution in [-0.2, 0) is 0 Å². The van der Waals surface area contributed by atoms with Crippen molar-refractivity contribution < 1.29 is 25.2 Å². The summed E-state index contributed by atoms with van der Waals surface area (Å²) in [5.41, 5.74) is 0. The van der Waals surface area contributed by atoms with E-state index in [0.29, 0.717) is 6.61 Å². The second-order valence-electron chi connectivity index (χ2n) is 5.97. The van der Waals surface area contributed by atoms with Gasteiger partial charge in [-0.2, -0.15) is 0 Å². The van der Waals surface area contributed by atoms with E-state index in [0.717, 1.165) is 25.3 Å². The molecule has 23 heavy (non-hydrogen) atoms. The molecule has 132 valence electrons. The van der Waals surface area contributed by atoms with Crippen molar-refractivity contribution in [2.75, 3.05) is 6.61 Å². The van der Waals surface area contributed by atoms with Crippen LogP contribution in [0, 0.1) is 0 Å². The minimum atomic E-state index is -0.549. The maximum Gasteiger partial charge on any atom is 0.211 e. The fourth-order valence-corrected chi connectivity index (χ4v) is 2.51. The van der Waals surface area contributed by atoms with Crippen molar-refractivity contribution in [3.63, 3.8) is 0 Å². The van der Waals surface area contributed by atoms with E-state index >= 15 is 0 Å². The van der Waals surface area contributed by atoms with Gasteiger partial charge in [-0.1, -0.05) is 64.7 Å². The van der Waals surface area contributed by atoms with Gasteiger partial charge in [0.05, 0.1) is 6.61 Å². The fraction of sp³-hybridized carbons (Fsp3) is 0.667. The summed E-state index contributed by atoms with van der Waals surface area (Å²) >= 11 is 0. The molecule has 0 aliphatic carbocycles. The van der Waals surface area contributed by atoms with E-state index in [-0.39, 0.29) is 5.75 Å². The first-order valence-corrected chi connectivity index (χ1v) is 8.67. The number of aromatic hydroxyl groups is 4. The minimum Gasteiger partial charge on any atom is -0.504 e. The van der Waals surface area contributed by atoms with Crippen LogP contribution in [0.15, 0.2) is 6.07 Å². The minimum absolute atomic E-state index is 0.265. The number of hydrogen-bond acceptors (Lipinski definition) is 5. The van der Waals surface area contributed by atoms with Crippen LogP contribution >= 0.6 is 0 Å². The summed E-state index contributed by atoms with van der Waals surface area (Å²) in [6.45, 7) is 2.54. The molecule has 0 heterocycles. The number of unbranched alkanes of at least 4 members (excludes halogenated alkanes) is 9. The van der Waals surface area contributed by atoms with E-state index in [1.54, 1.807) is 0 Å². The quantitative estimate of drug-likeness (QED) is 0.251. The van der Waals surface area contributed by atoms with Gasteiger partial charge in [0.2, 0.25) is 17.2 Å². The van der Waals surface area contributed by atoms with Crippen LogP contribution < -0.4 is 4.74 Å². The molecule has 0 bridgehead atoms. The van der Waals surface area contributed by atoms with Gasteiger partial charge in [0.25, 0.3) is 0 Å². The van der Waals surface area contributed by atoms with Gasteiger partial charge in [0.1, 0.15) is 0 Å². The Bertz CT molecular complexity index is 433. The zero-order valence-corrected chi connectivity index (χ0v) is 14.1. The van der Waals surface area contributed by atoms with Gasteiger partial charge in [-0.3, -0.25) is 0 Å². The largest absolute Gasteiger partial charge is 0.504 e.